The summed E-state index contributed by atoms with van der Waals surface area (Å²) in [6.45, 7) is 3.60. The lowest BCUT2D eigenvalue weighted by atomic mass is 9.95. The minimum atomic E-state index is -0.253. The molecule has 1 aromatic rings. The molecule has 3 rings (SSSR count). The molecule has 22 heavy (non-hydrogen) atoms. The van der Waals surface area contributed by atoms with Crippen molar-refractivity contribution in [2.45, 2.75) is 37.1 Å². The first kappa shape index (κ1) is 15.5. The summed E-state index contributed by atoms with van der Waals surface area (Å²) < 4.78 is 5.17. The number of nitrogens with one attached hydrogen (secondary N) is 1. The monoisotopic (exact) mass is 302 g/mol. The Morgan fingerprint density at radius 2 is 2.14 bits per heavy atom. The van der Waals surface area contributed by atoms with Crippen molar-refractivity contribution in [2.75, 3.05) is 33.4 Å². The first-order chi connectivity index (χ1) is 10.8. The number of hydrogen-bond acceptors (Lipinski definition) is 3. The number of benzene rings is 1. The standard InChI is InChI=1S/C18H26N2O2/c1-22-13-12-20-11-5-8-16(20)14-19-17(21)18(9-10-18)15-6-3-2-4-7-15/h2-4,6-7,16H,5,8-14H2,1H3,(H,19,21). The van der Waals surface area contributed by atoms with Gasteiger partial charge in [0, 0.05) is 26.2 Å². The number of likely N-dealkylation sites (tertiary alicyclic amines) is 1. The van der Waals surface area contributed by atoms with Gasteiger partial charge in [-0.25, -0.2) is 0 Å². The van der Waals surface area contributed by atoms with Gasteiger partial charge in [0.1, 0.15) is 0 Å². The van der Waals surface area contributed by atoms with Crippen LogP contribution in [0.1, 0.15) is 31.2 Å². The SMILES string of the molecule is COCCN1CCCC1CNC(=O)C1(c2ccccc2)CC1. The minimum absolute atomic E-state index is 0.206. The summed E-state index contributed by atoms with van der Waals surface area (Å²) in [5, 5.41) is 3.21. The van der Waals surface area contributed by atoms with E-state index in [9.17, 15) is 4.79 Å². The van der Waals surface area contributed by atoms with E-state index >= 15 is 0 Å². The number of nitrogens with zero attached hydrogens (tertiary/aromatic N) is 1. The number of carbonyl (C=O) groups is 1. The molecule has 1 aromatic carbocycles. The largest absolute Gasteiger partial charge is 0.383 e. The smallest absolute Gasteiger partial charge is 0.230 e. The summed E-state index contributed by atoms with van der Waals surface area (Å²) in [4.78, 5) is 15.1. The van der Waals surface area contributed by atoms with E-state index in [1.165, 1.54) is 12.8 Å². The van der Waals surface area contributed by atoms with Crippen LogP contribution in [0.3, 0.4) is 0 Å². The van der Waals surface area contributed by atoms with Crippen molar-refractivity contribution in [3.63, 3.8) is 0 Å². The second-order valence-electron chi connectivity index (χ2n) is 6.48. The van der Waals surface area contributed by atoms with Gasteiger partial charge in [-0.15, -0.1) is 0 Å². The average molecular weight is 302 g/mol. The fourth-order valence-corrected chi connectivity index (χ4v) is 3.54. The number of hydrogen-bond donors (Lipinski definition) is 1. The molecule has 1 aliphatic carbocycles. The van der Waals surface area contributed by atoms with E-state index in [0.717, 1.165) is 44.6 Å². The quantitative estimate of drug-likeness (QED) is 0.837. The molecule has 0 aromatic heterocycles. The summed E-state index contributed by atoms with van der Waals surface area (Å²) >= 11 is 0. The van der Waals surface area contributed by atoms with Crippen LogP contribution in [0.4, 0.5) is 0 Å². The van der Waals surface area contributed by atoms with Crippen LogP contribution < -0.4 is 5.32 Å². The molecular weight excluding hydrogens is 276 g/mol. The molecule has 1 heterocycles. The third-order valence-corrected chi connectivity index (χ3v) is 5.09. The highest BCUT2D eigenvalue weighted by Gasteiger charge is 2.51. The van der Waals surface area contributed by atoms with E-state index in [2.05, 4.69) is 22.3 Å². The zero-order valence-electron chi connectivity index (χ0n) is 13.4. The topological polar surface area (TPSA) is 41.6 Å². The fourth-order valence-electron chi connectivity index (χ4n) is 3.54. The van der Waals surface area contributed by atoms with Crippen LogP contribution in [-0.4, -0.2) is 50.2 Å². The molecule has 2 aliphatic rings. The molecule has 0 spiro atoms. The molecule has 1 N–H and O–H groups in total. The average Bonchev–Trinajstić information content (AvgIpc) is 3.26. The molecule has 1 amide bonds. The molecule has 1 unspecified atom stereocenters. The van der Waals surface area contributed by atoms with Crippen LogP contribution in [-0.2, 0) is 14.9 Å². The molecule has 1 saturated heterocycles. The van der Waals surface area contributed by atoms with E-state index in [1.807, 2.05) is 18.2 Å². The lowest BCUT2D eigenvalue weighted by Crippen LogP contribution is -2.44. The first-order valence-corrected chi connectivity index (χ1v) is 8.33. The maximum atomic E-state index is 12.7. The van der Waals surface area contributed by atoms with Gasteiger partial charge < -0.3 is 10.1 Å². The summed E-state index contributed by atoms with van der Waals surface area (Å²) in [7, 11) is 1.74. The van der Waals surface area contributed by atoms with Crippen molar-refractivity contribution >= 4 is 5.91 Å². The van der Waals surface area contributed by atoms with Gasteiger partial charge in [-0.1, -0.05) is 30.3 Å². The lowest BCUT2D eigenvalue weighted by Gasteiger charge is -2.25. The lowest BCUT2D eigenvalue weighted by molar-refractivity contribution is -0.123. The molecule has 4 heteroatoms. The number of methoxy groups -OCH3 is 1. The van der Waals surface area contributed by atoms with Crippen LogP contribution in [0.2, 0.25) is 0 Å². The Bertz CT molecular complexity index is 499. The summed E-state index contributed by atoms with van der Waals surface area (Å²) in [5.41, 5.74) is 0.909. The summed E-state index contributed by atoms with van der Waals surface area (Å²) in [6.07, 6.45) is 4.33. The fraction of sp³-hybridized carbons (Fsp3) is 0.611. The number of ether oxygens (including phenoxy) is 1. The summed E-state index contributed by atoms with van der Waals surface area (Å²) in [6, 6.07) is 10.7. The Balaban J connectivity index is 1.54. The van der Waals surface area contributed by atoms with E-state index in [-0.39, 0.29) is 11.3 Å². The zero-order valence-corrected chi connectivity index (χ0v) is 13.4. The van der Waals surface area contributed by atoms with Crippen LogP contribution in [0, 0.1) is 0 Å². The van der Waals surface area contributed by atoms with Gasteiger partial charge in [0.25, 0.3) is 0 Å². The van der Waals surface area contributed by atoms with Gasteiger partial charge >= 0.3 is 0 Å². The first-order valence-electron chi connectivity index (χ1n) is 8.33. The molecule has 1 saturated carbocycles. The van der Waals surface area contributed by atoms with Crippen molar-refractivity contribution in [3.8, 4) is 0 Å². The summed E-state index contributed by atoms with van der Waals surface area (Å²) in [5.74, 6) is 0.206. The third-order valence-electron chi connectivity index (χ3n) is 5.09. The molecule has 1 atom stereocenters. The Labute approximate surface area is 132 Å². The van der Waals surface area contributed by atoms with Crippen molar-refractivity contribution in [2.24, 2.45) is 0 Å². The van der Waals surface area contributed by atoms with Gasteiger partial charge in [0.15, 0.2) is 0 Å². The molecular formula is C18H26N2O2. The van der Waals surface area contributed by atoms with Gasteiger partial charge in [-0.05, 0) is 37.8 Å². The predicted molar refractivity (Wildman–Crippen MR) is 86.8 cm³/mol. The molecule has 0 radical (unpaired) electrons. The molecule has 4 nitrogen and oxygen atoms in total. The highest BCUT2D eigenvalue weighted by molar-refractivity contribution is 5.91. The number of rotatable bonds is 7. The van der Waals surface area contributed by atoms with Crippen molar-refractivity contribution in [1.29, 1.82) is 0 Å². The van der Waals surface area contributed by atoms with E-state index in [4.69, 9.17) is 4.74 Å². The molecule has 1 aliphatic heterocycles. The molecule has 2 fully saturated rings. The third kappa shape index (κ3) is 3.18. The van der Waals surface area contributed by atoms with Crippen LogP contribution in [0.5, 0.6) is 0 Å². The van der Waals surface area contributed by atoms with Crippen LogP contribution in [0.25, 0.3) is 0 Å². The second kappa shape index (κ2) is 6.80. The predicted octanol–water partition coefficient (Wildman–Crippen LogP) is 1.95. The van der Waals surface area contributed by atoms with Crippen LogP contribution in [0.15, 0.2) is 30.3 Å². The van der Waals surface area contributed by atoms with Crippen molar-refractivity contribution in [1.82, 2.24) is 10.2 Å². The maximum Gasteiger partial charge on any atom is 0.230 e. The molecule has 120 valence electrons. The molecule has 0 bridgehead atoms. The highest BCUT2D eigenvalue weighted by Crippen LogP contribution is 2.48. The Hall–Kier alpha value is -1.39. The van der Waals surface area contributed by atoms with Gasteiger partial charge in [-0.2, -0.15) is 0 Å². The van der Waals surface area contributed by atoms with E-state index < -0.39 is 0 Å². The van der Waals surface area contributed by atoms with Gasteiger partial charge in [0.05, 0.1) is 12.0 Å². The zero-order chi connectivity index (χ0) is 15.4. The second-order valence-corrected chi connectivity index (χ2v) is 6.48. The highest BCUT2D eigenvalue weighted by atomic mass is 16.5. The Kier molecular flexibility index (Phi) is 4.79. The van der Waals surface area contributed by atoms with Crippen molar-refractivity contribution < 1.29 is 9.53 Å². The Morgan fingerprint density at radius 1 is 1.36 bits per heavy atom. The Morgan fingerprint density at radius 3 is 2.82 bits per heavy atom. The minimum Gasteiger partial charge on any atom is -0.383 e. The van der Waals surface area contributed by atoms with Gasteiger partial charge in [-0.3, -0.25) is 9.69 Å². The van der Waals surface area contributed by atoms with Crippen molar-refractivity contribution in [3.05, 3.63) is 35.9 Å². The van der Waals surface area contributed by atoms with E-state index in [0.29, 0.717) is 6.04 Å². The number of carbonyl (C=O) groups excluding carboxylic acids is 1. The van der Waals surface area contributed by atoms with Crippen LogP contribution >= 0.6 is 0 Å². The van der Waals surface area contributed by atoms with E-state index in [1.54, 1.807) is 7.11 Å². The number of amides is 1. The van der Waals surface area contributed by atoms with Gasteiger partial charge in [0.2, 0.25) is 5.91 Å². The normalized spacial score (nSPS) is 23.4. The maximum absolute atomic E-state index is 12.7.